The molecular weight excluding hydrogens is 244 g/mol. The van der Waals surface area contributed by atoms with Gasteiger partial charge in [0.15, 0.2) is 0 Å². The number of hydrogen-bond acceptors (Lipinski definition) is 6. The number of nitrogens with zero attached hydrogens (tertiary/aromatic N) is 2. The highest BCUT2D eigenvalue weighted by molar-refractivity contribution is 5.26. The van der Waals surface area contributed by atoms with E-state index in [4.69, 9.17) is 15.3 Å². The van der Waals surface area contributed by atoms with Crippen molar-refractivity contribution in [1.29, 1.82) is 0 Å². The van der Waals surface area contributed by atoms with Crippen LogP contribution < -0.4 is 20.7 Å². The molecule has 104 valence electrons. The molecule has 0 bridgehead atoms. The zero-order chi connectivity index (χ0) is 13.4. The fourth-order valence-electron chi connectivity index (χ4n) is 3.30. The SMILES string of the molecule is COc1cnc(C(NN)C2CC3CC3C2)c(OC)n1. The summed E-state index contributed by atoms with van der Waals surface area (Å²) < 4.78 is 10.4. The number of methoxy groups -OCH3 is 2. The summed E-state index contributed by atoms with van der Waals surface area (Å²) in [7, 11) is 3.15. The summed E-state index contributed by atoms with van der Waals surface area (Å²) in [4.78, 5) is 8.70. The van der Waals surface area contributed by atoms with Crippen molar-refractivity contribution < 1.29 is 9.47 Å². The van der Waals surface area contributed by atoms with Gasteiger partial charge < -0.3 is 9.47 Å². The largest absolute Gasteiger partial charge is 0.480 e. The second-order valence-corrected chi connectivity index (χ2v) is 5.44. The number of hydrogen-bond donors (Lipinski definition) is 2. The molecule has 3 N–H and O–H groups in total. The average Bonchev–Trinajstić information content (AvgIpc) is 3.06. The quantitative estimate of drug-likeness (QED) is 0.611. The number of ether oxygens (including phenoxy) is 2. The molecule has 3 unspecified atom stereocenters. The van der Waals surface area contributed by atoms with Crippen LogP contribution in [0.4, 0.5) is 0 Å². The summed E-state index contributed by atoms with van der Waals surface area (Å²) in [6.07, 6.45) is 5.43. The Balaban J connectivity index is 1.85. The van der Waals surface area contributed by atoms with E-state index in [-0.39, 0.29) is 6.04 Å². The van der Waals surface area contributed by atoms with E-state index in [1.54, 1.807) is 20.4 Å². The second-order valence-electron chi connectivity index (χ2n) is 5.44. The van der Waals surface area contributed by atoms with Gasteiger partial charge in [0.05, 0.1) is 26.5 Å². The van der Waals surface area contributed by atoms with Gasteiger partial charge in [-0.05, 0) is 37.0 Å². The predicted octanol–water partition coefficient (Wildman–Crippen LogP) is 1.04. The predicted molar refractivity (Wildman–Crippen MR) is 69.5 cm³/mol. The average molecular weight is 264 g/mol. The van der Waals surface area contributed by atoms with E-state index in [1.165, 1.54) is 19.3 Å². The highest BCUT2D eigenvalue weighted by Crippen LogP contribution is 2.57. The fraction of sp³-hybridized carbons (Fsp3) is 0.692. The molecule has 6 heteroatoms. The highest BCUT2D eigenvalue weighted by atomic mass is 16.5. The zero-order valence-corrected chi connectivity index (χ0v) is 11.3. The van der Waals surface area contributed by atoms with E-state index in [2.05, 4.69) is 15.4 Å². The minimum absolute atomic E-state index is 0.00107. The fourth-order valence-corrected chi connectivity index (χ4v) is 3.30. The van der Waals surface area contributed by atoms with E-state index < -0.39 is 0 Å². The van der Waals surface area contributed by atoms with Crippen LogP contribution in [0.5, 0.6) is 11.8 Å². The Hall–Kier alpha value is -1.40. The molecule has 1 aromatic rings. The van der Waals surface area contributed by atoms with E-state index in [1.807, 2.05) is 0 Å². The molecule has 2 aliphatic rings. The van der Waals surface area contributed by atoms with Crippen molar-refractivity contribution in [3.63, 3.8) is 0 Å². The standard InChI is InChI=1S/C13H20N4O2/c1-18-10-6-15-12(13(16-10)19-2)11(17-14)9-4-7-3-8(7)5-9/h6-9,11,17H,3-5,14H2,1-2H3. The number of fused-ring (bicyclic) bond motifs is 1. The smallest absolute Gasteiger partial charge is 0.240 e. The van der Waals surface area contributed by atoms with Crippen LogP contribution in [-0.4, -0.2) is 24.2 Å². The van der Waals surface area contributed by atoms with Gasteiger partial charge in [-0.15, -0.1) is 0 Å². The van der Waals surface area contributed by atoms with Gasteiger partial charge in [0, 0.05) is 0 Å². The molecule has 1 aromatic heterocycles. The van der Waals surface area contributed by atoms with E-state index >= 15 is 0 Å². The van der Waals surface area contributed by atoms with Gasteiger partial charge in [0.25, 0.3) is 0 Å². The second kappa shape index (κ2) is 4.94. The Morgan fingerprint density at radius 2 is 2.00 bits per heavy atom. The van der Waals surface area contributed by atoms with Crippen molar-refractivity contribution >= 4 is 0 Å². The minimum Gasteiger partial charge on any atom is -0.480 e. The molecule has 0 saturated heterocycles. The monoisotopic (exact) mass is 264 g/mol. The van der Waals surface area contributed by atoms with E-state index in [0.717, 1.165) is 17.5 Å². The molecule has 0 aromatic carbocycles. The molecule has 3 rings (SSSR count). The molecule has 19 heavy (non-hydrogen) atoms. The highest BCUT2D eigenvalue weighted by Gasteiger charge is 2.48. The molecule has 3 atom stereocenters. The molecule has 2 aliphatic carbocycles. The van der Waals surface area contributed by atoms with Gasteiger partial charge in [0.2, 0.25) is 11.8 Å². The van der Waals surface area contributed by atoms with Crippen LogP contribution >= 0.6 is 0 Å². The summed E-state index contributed by atoms with van der Waals surface area (Å²) in [6, 6.07) is 0.00107. The van der Waals surface area contributed by atoms with Gasteiger partial charge >= 0.3 is 0 Å². The van der Waals surface area contributed by atoms with Crippen molar-refractivity contribution in [2.75, 3.05) is 14.2 Å². The third kappa shape index (κ3) is 2.26. The molecule has 0 radical (unpaired) electrons. The van der Waals surface area contributed by atoms with Crippen LogP contribution in [-0.2, 0) is 0 Å². The van der Waals surface area contributed by atoms with E-state index in [0.29, 0.717) is 17.7 Å². The van der Waals surface area contributed by atoms with Crippen molar-refractivity contribution in [3.05, 3.63) is 11.9 Å². The third-order valence-electron chi connectivity index (χ3n) is 4.37. The van der Waals surface area contributed by atoms with Gasteiger partial charge in [-0.2, -0.15) is 4.98 Å². The lowest BCUT2D eigenvalue weighted by atomic mass is 9.92. The molecule has 2 fully saturated rings. The zero-order valence-electron chi connectivity index (χ0n) is 11.3. The Kier molecular flexibility index (Phi) is 3.28. The van der Waals surface area contributed by atoms with Crippen molar-refractivity contribution in [2.45, 2.75) is 25.3 Å². The summed E-state index contributed by atoms with van der Waals surface area (Å²) in [5, 5.41) is 0. The lowest BCUT2D eigenvalue weighted by molar-refractivity contribution is 0.309. The maximum absolute atomic E-state index is 5.73. The van der Waals surface area contributed by atoms with Crippen LogP contribution in [0.3, 0.4) is 0 Å². The summed E-state index contributed by atoms with van der Waals surface area (Å²) in [6.45, 7) is 0. The molecular formula is C13H20N4O2. The van der Waals surface area contributed by atoms with Gasteiger partial charge in [-0.1, -0.05) is 0 Å². The number of nitrogens with two attached hydrogens (primary N) is 1. The first-order valence-electron chi connectivity index (χ1n) is 6.67. The summed E-state index contributed by atoms with van der Waals surface area (Å²) in [5.74, 6) is 8.99. The normalized spacial score (nSPS) is 29.7. The number of aromatic nitrogens is 2. The Bertz CT molecular complexity index is 458. The van der Waals surface area contributed by atoms with Gasteiger partial charge in [-0.3, -0.25) is 11.3 Å². The molecule has 0 amide bonds. The van der Waals surface area contributed by atoms with Crippen molar-refractivity contribution in [1.82, 2.24) is 15.4 Å². The number of nitrogens with one attached hydrogen (secondary N) is 1. The van der Waals surface area contributed by atoms with E-state index in [9.17, 15) is 0 Å². The van der Waals surface area contributed by atoms with Crippen LogP contribution in [0.1, 0.15) is 31.0 Å². The lowest BCUT2D eigenvalue weighted by Gasteiger charge is -2.24. The van der Waals surface area contributed by atoms with Crippen LogP contribution in [0.15, 0.2) is 6.20 Å². The van der Waals surface area contributed by atoms with Crippen molar-refractivity contribution in [3.8, 4) is 11.8 Å². The molecule has 2 saturated carbocycles. The lowest BCUT2D eigenvalue weighted by Crippen LogP contribution is -2.34. The summed E-state index contributed by atoms with van der Waals surface area (Å²) in [5.41, 5.74) is 3.67. The Morgan fingerprint density at radius 3 is 2.58 bits per heavy atom. The summed E-state index contributed by atoms with van der Waals surface area (Å²) >= 11 is 0. The molecule has 0 aliphatic heterocycles. The number of hydrazine groups is 1. The third-order valence-corrected chi connectivity index (χ3v) is 4.37. The van der Waals surface area contributed by atoms with Gasteiger partial charge in [0.1, 0.15) is 5.69 Å². The Morgan fingerprint density at radius 1 is 1.26 bits per heavy atom. The minimum atomic E-state index is 0.00107. The number of rotatable bonds is 5. The first-order chi connectivity index (χ1) is 9.26. The topological polar surface area (TPSA) is 82.3 Å². The maximum atomic E-state index is 5.73. The van der Waals surface area contributed by atoms with Crippen LogP contribution in [0.2, 0.25) is 0 Å². The van der Waals surface area contributed by atoms with Gasteiger partial charge in [-0.25, -0.2) is 4.98 Å². The maximum Gasteiger partial charge on any atom is 0.240 e. The first-order valence-corrected chi connectivity index (χ1v) is 6.67. The van der Waals surface area contributed by atoms with Crippen molar-refractivity contribution in [2.24, 2.45) is 23.6 Å². The first kappa shape index (κ1) is 12.6. The molecule has 0 spiro atoms. The Labute approximate surface area is 112 Å². The molecule has 6 nitrogen and oxygen atoms in total. The molecule has 1 heterocycles. The van der Waals surface area contributed by atoms with Crippen LogP contribution in [0.25, 0.3) is 0 Å². The van der Waals surface area contributed by atoms with Crippen LogP contribution in [0, 0.1) is 17.8 Å².